The topological polar surface area (TPSA) is 20.2 Å². The van der Waals surface area contributed by atoms with Gasteiger partial charge in [0.15, 0.2) is 0 Å². The van der Waals surface area contributed by atoms with Crippen molar-refractivity contribution in [3.05, 3.63) is 22.4 Å². The van der Waals surface area contributed by atoms with E-state index in [0.29, 0.717) is 0 Å². The summed E-state index contributed by atoms with van der Waals surface area (Å²) in [5.74, 6) is 2.56. The fourth-order valence-electron chi connectivity index (χ4n) is 1.02. The van der Waals surface area contributed by atoms with Crippen LogP contribution >= 0.6 is 11.3 Å². The lowest BCUT2D eigenvalue weighted by Gasteiger charge is -2.05. The Hall–Kier alpha value is -0.780. The Morgan fingerprint density at radius 3 is 3.08 bits per heavy atom. The van der Waals surface area contributed by atoms with Gasteiger partial charge in [0.05, 0.1) is 6.10 Å². The molecule has 12 heavy (non-hydrogen) atoms. The Balaban J connectivity index is 2.30. The molecule has 0 saturated carbocycles. The summed E-state index contributed by atoms with van der Waals surface area (Å²) in [4.78, 5) is 1.03. The van der Waals surface area contributed by atoms with Gasteiger partial charge in [0, 0.05) is 11.3 Å². The molecule has 1 aromatic rings. The van der Waals surface area contributed by atoms with E-state index in [1.54, 1.807) is 11.3 Å². The summed E-state index contributed by atoms with van der Waals surface area (Å²) in [6, 6.07) is 3.90. The molecule has 0 aliphatic heterocycles. The van der Waals surface area contributed by atoms with Crippen LogP contribution in [-0.4, -0.2) is 5.11 Å². The summed E-state index contributed by atoms with van der Waals surface area (Å²) in [5, 5.41) is 11.5. The van der Waals surface area contributed by atoms with E-state index in [4.69, 9.17) is 6.42 Å². The molecule has 0 amide bonds. The van der Waals surface area contributed by atoms with E-state index in [2.05, 4.69) is 5.92 Å². The number of rotatable bonds is 4. The minimum atomic E-state index is -0.321. The van der Waals surface area contributed by atoms with Crippen molar-refractivity contribution in [2.45, 2.75) is 25.4 Å². The van der Waals surface area contributed by atoms with E-state index < -0.39 is 0 Å². The molecule has 0 spiro atoms. The molecule has 1 rings (SSSR count). The summed E-state index contributed by atoms with van der Waals surface area (Å²) in [6.45, 7) is 0. The first-order chi connectivity index (χ1) is 5.84. The highest BCUT2D eigenvalue weighted by molar-refractivity contribution is 7.10. The molecule has 2 heteroatoms. The Morgan fingerprint density at radius 2 is 2.50 bits per heavy atom. The zero-order chi connectivity index (χ0) is 8.81. The first-order valence-corrected chi connectivity index (χ1v) is 4.87. The highest BCUT2D eigenvalue weighted by atomic mass is 32.1. The molecule has 1 nitrogen and oxygen atoms in total. The highest BCUT2D eigenvalue weighted by Crippen LogP contribution is 2.22. The normalized spacial score (nSPS) is 12.3. The number of unbranched alkanes of at least 4 members (excludes halogenated alkanes) is 1. The third-order valence-electron chi connectivity index (χ3n) is 1.67. The van der Waals surface area contributed by atoms with Crippen LogP contribution in [0.2, 0.25) is 0 Å². The average molecular weight is 180 g/mol. The lowest BCUT2D eigenvalue weighted by Crippen LogP contribution is -1.93. The van der Waals surface area contributed by atoms with Crippen molar-refractivity contribution in [3.8, 4) is 12.3 Å². The second kappa shape index (κ2) is 4.97. The van der Waals surface area contributed by atoms with Crippen molar-refractivity contribution < 1.29 is 5.11 Å². The Morgan fingerprint density at radius 1 is 1.67 bits per heavy atom. The molecule has 1 unspecified atom stereocenters. The van der Waals surface area contributed by atoms with Gasteiger partial charge in [0.25, 0.3) is 0 Å². The minimum Gasteiger partial charge on any atom is -0.388 e. The molecule has 0 aromatic carbocycles. The zero-order valence-corrected chi connectivity index (χ0v) is 7.68. The molecule has 0 bridgehead atoms. The minimum absolute atomic E-state index is 0.321. The van der Waals surface area contributed by atoms with Crippen LogP contribution < -0.4 is 0 Å². The number of aliphatic hydroxyl groups excluding tert-OH is 1. The van der Waals surface area contributed by atoms with Gasteiger partial charge in [-0.1, -0.05) is 6.07 Å². The number of hydrogen-bond acceptors (Lipinski definition) is 2. The van der Waals surface area contributed by atoms with Crippen molar-refractivity contribution in [1.29, 1.82) is 0 Å². The fraction of sp³-hybridized carbons (Fsp3) is 0.400. The first kappa shape index (κ1) is 9.31. The molecule has 0 radical (unpaired) electrons. The van der Waals surface area contributed by atoms with Crippen LogP contribution in [0, 0.1) is 12.3 Å². The van der Waals surface area contributed by atoms with Gasteiger partial charge in [-0.2, -0.15) is 0 Å². The molecule has 0 fully saturated rings. The van der Waals surface area contributed by atoms with E-state index in [9.17, 15) is 5.11 Å². The van der Waals surface area contributed by atoms with Crippen LogP contribution in [0.1, 0.15) is 30.2 Å². The molecule has 1 aromatic heterocycles. The van der Waals surface area contributed by atoms with Crippen LogP contribution in [0.15, 0.2) is 17.5 Å². The van der Waals surface area contributed by atoms with Gasteiger partial charge in [-0.15, -0.1) is 23.7 Å². The van der Waals surface area contributed by atoms with Crippen molar-refractivity contribution in [1.82, 2.24) is 0 Å². The summed E-state index contributed by atoms with van der Waals surface area (Å²) in [6.07, 6.45) is 7.20. The van der Waals surface area contributed by atoms with Crippen molar-refractivity contribution in [3.63, 3.8) is 0 Å². The van der Waals surface area contributed by atoms with Crippen molar-refractivity contribution >= 4 is 11.3 Å². The van der Waals surface area contributed by atoms with Gasteiger partial charge in [0.2, 0.25) is 0 Å². The second-order valence-electron chi connectivity index (χ2n) is 2.63. The van der Waals surface area contributed by atoms with Crippen LogP contribution in [-0.2, 0) is 0 Å². The van der Waals surface area contributed by atoms with Gasteiger partial charge in [-0.25, -0.2) is 0 Å². The molecule has 0 saturated heterocycles. The van der Waals surface area contributed by atoms with Gasteiger partial charge >= 0.3 is 0 Å². The summed E-state index contributed by atoms with van der Waals surface area (Å²) < 4.78 is 0. The monoisotopic (exact) mass is 180 g/mol. The summed E-state index contributed by atoms with van der Waals surface area (Å²) >= 11 is 1.59. The van der Waals surface area contributed by atoms with E-state index in [1.165, 1.54) is 0 Å². The predicted octanol–water partition coefficient (Wildman–Crippen LogP) is 2.59. The zero-order valence-electron chi connectivity index (χ0n) is 6.86. The number of thiophene rings is 1. The van der Waals surface area contributed by atoms with Gasteiger partial charge in [-0.05, 0) is 24.3 Å². The van der Waals surface area contributed by atoms with Crippen molar-refractivity contribution in [2.24, 2.45) is 0 Å². The third-order valence-corrected chi connectivity index (χ3v) is 2.64. The largest absolute Gasteiger partial charge is 0.388 e. The molecule has 64 valence electrons. The smallest absolute Gasteiger partial charge is 0.0882 e. The van der Waals surface area contributed by atoms with E-state index >= 15 is 0 Å². The lowest BCUT2D eigenvalue weighted by atomic mass is 10.1. The van der Waals surface area contributed by atoms with Crippen LogP contribution in [0.25, 0.3) is 0 Å². The summed E-state index contributed by atoms with van der Waals surface area (Å²) in [5.41, 5.74) is 0. The lowest BCUT2D eigenvalue weighted by molar-refractivity contribution is 0.169. The Bertz CT molecular complexity index is 245. The van der Waals surface area contributed by atoms with Gasteiger partial charge in [-0.3, -0.25) is 0 Å². The molecule has 0 aliphatic carbocycles. The van der Waals surface area contributed by atoms with Crippen LogP contribution in [0.4, 0.5) is 0 Å². The maximum Gasteiger partial charge on any atom is 0.0882 e. The molecular weight excluding hydrogens is 168 g/mol. The second-order valence-corrected chi connectivity index (χ2v) is 3.61. The fourth-order valence-corrected chi connectivity index (χ4v) is 1.77. The third kappa shape index (κ3) is 2.69. The molecule has 1 atom stereocenters. The molecule has 1 heterocycles. The van der Waals surface area contributed by atoms with E-state index in [0.717, 1.165) is 24.1 Å². The quantitative estimate of drug-likeness (QED) is 0.557. The first-order valence-electron chi connectivity index (χ1n) is 3.99. The average Bonchev–Trinajstić information content (AvgIpc) is 2.56. The van der Waals surface area contributed by atoms with Crippen LogP contribution in [0.3, 0.4) is 0 Å². The highest BCUT2D eigenvalue weighted by Gasteiger charge is 2.06. The molecule has 0 aliphatic rings. The Kier molecular flexibility index (Phi) is 3.86. The summed E-state index contributed by atoms with van der Waals surface area (Å²) in [7, 11) is 0. The number of terminal acetylenes is 1. The maximum absolute atomic E-state index is 9.58. The van der Waals surface area contributed by atoms with Gasteiger partial charge < -0.3 is 5.11 Å². The predicted molar refractivity (Wildman–Crippen MR) is 52.0 cm³/mol. The maximum atomic E-state index is 9.58. The van der Waals surface area contributed by atoms with E-state index in [1.807, 2.05) is 17.5 Å². The molecule has 1 N–H and O–H groups in total. The van der Waals surface area contributed by atoms with Gasteiger partial charge in [0.1, 0.15) is 0 Å². The van der Waals surface area contributed by atoms with E-state index in [-0.39, 0.29) is 6.10 Å². The Labute approximate surface area is 77.1 Å². The van der Waals surface area contributed by atoms with Crippen LogP contribution in [0.5, 0.6) is 0 Å². The number of hydrogen-bond donors (Lipinski definition) is 1. The molecular formula is C10H12OS. The van der Waals surface area contributed by atoms with Crippen molar-refractivity contribution in [2.75, 3.05) is 0 Å². The standard InChI is InChI=1S/C10H12OS/c1-2-3-4-6-9(11)10-7-5-8-12-10/h1,5,7-9,11H,3-4,6H2. The number of aliphatic hydroxyl groups is 1. The SMILES string of the molecule is C#CCCCC(O)c1cccs1.